The summed E-state index contributed by atoms with van der Waals surface area (Å²) in [7, 11) is -4.37. The zero-order chi connectivity index (χ0) is 28.6. The van der Waals surface area contributed by atoms with Crippen molar-refractivity contribution in [2.75, 3.05) is 17.4 Å². The molecule has 0 bridgehead atoms. The van der Waals surface area contributed by atoms with E-state index in [0.29, 0.717) is 22.2 Å². The Morgan fingerprint density at radius 3 is 2.45 bits per heavy atom. The Kier molecular flexibility index (Phi) is 7.94. The molecule has 218 valence electrons. The molecule has 2 atom stereocenters. The van der Waals surface area contributed by atoms with Crippen molar-refractivity contribution in [1.82, 2.24) is 9.62 Å². The van der Waals surface area contributed by atoms with E-state index in [9.17, 15) is 27.9 Å². The molecule has 2 aliphatic heterocycles. The molecule has 2 aliphatic carbocycles. The second-order valence-corrected chi connectivity index (χ2v) is 12.6. The molecule has 13 heteroatoms. The highest BCUT2D eigenvalue weighted by Gasteiger charge is 2.39. The van der Waals surface area contributed by atoms with Crippen LogP contribution in [0.5, 0.6) is 5.75 Å². The Labute approximate surface area is 232 Å². The SMILES string of the molecule is CC(OC(=O)C1CCCC1)OC(=O)N1CC(c2ccc(O)c(N3CC(=O)NS3(=O)=O)c2F)=C[C@H]1CCC1CCC1. The van der Waals surface area contributed by atoms with Crippen molar-refractivity contribution in [2.24, 2.45) is 11.8 Å². The number of halogens is 1. The molecule has 1 saturated heterocycles. The Morgan fingerprint density at radius 2 is 1.82 bits per heavy atom. The van der Waals surface area contributed by atoms with Crippen molar-refractivity contribution < 1.29 is 41.8 Å². The van der Waals surface area contributed by atoms with E-state index in [1.165, 1.54) is 24.3 Å². The molecule has 3 fully saturated rings. The maximum absolute atomic E-state index is 15.8. The second-order valence-electron chi connectivity index (χ2n) is 11.0. The predicted octanol–water partition coefficient (Wildman–Crippen LogP) is 3.58. The maximum Gasteiger partial charge on any atom is 0.413 e. The average molecular weight is 580 g/mol. The summed E-state index contributed by atoms with van der Waals surface area (Å²) in [5, 5.41) is 10.3. The first-order valence-corrected chi connectivity index (χ1v) is 15.2. The van der Waals surface area contributed by atoms with Crippen molar-refractivity contribution >= 4 is 39.4 Å². The van der Waals surface area contributed by atoms with Crippen LogP contribution in [0.3, 0.4) is 0 Å². The van der Waals surface area contributed by atoms with Gasteiger partial charge in [0.2, 0.25) is 6.29 Å². The Hall–Kier alpha value is -3.35. The van der Waals surface area contributed by atoms with Crippen molar-refractivity contribution in [3.63, 3.8) is 0 Å². The minimum absolute atomic E-state index is 0.00740. The largest absolute Gasteiger partial charge is 0.506 e. The predicted molar refractivity (Wildman–Crippen MR) is 142 cm³/mol. The van der Waals surface area contributed by atoms with E-state index in [1.54, 1.807) is 10.8 Å². The molecular weight excluding hydrogens is 545 g/mol. The number of esters is 1. The van der Waals surface area contributed by atoms with Crippen LogP contribution in [0.25, 0.3) is 5.57 Å². The van der Waals surface area contributed by atoms with Gasteiger partial charge in [-0.05, 0) is 49.3 Å². The van der Waals surface area contributed by atoms with E-state index in [4.69, 9.17) is 9.47 Å². The van der Waals surface area contributed by atoms with Crippen LogP contribution in [0, 0.1) is 17.7 Å². The van der Waals surface area contributed by atoms with Gasteiger partial charge in [-0.3, -0.25) is 14.5 Å². The molecule has 5 rings (SSSR count). The van der Waals surface area contributed by atoms with Gasteiger partial charge in [-0.1, -0.05) is 38.2 Å². The van der Waals surface area contributed by atoms with Gasteiger partial charge in [-0.15, -0.1) is 0 Å². The number of hydrogen-bond acceptors (Lipinski definition) is 8. The van der Waals surface area contributed by atoms with Crippen LogP contribution in [-0.2, 0) is 29.3 Å². The number of ether oxygens (including phenoxy) is 2. The number of amides is 2. The van der Waals surface area contributed by atoms with Crippen molar-refractivity contribution in [3.05, 3.63) is 29.6 Å². The van der Waals surface area contributed by atoms with Crippen LogP contribution < -0.4 is 9.03 Å². The molecule has 1 aromatic carbocycles. The third kappa shape index (κ3) is 5.74. The van der Waals surface area contributed by atoms with Gasteiger partial charge in [0.1, 0.15) is 18.0 Å². The number of anilines is 1. The maximum atomic E-state index is 15.8. The molecule has 2 heterocycles. The van der Waals surface area contributed by atoms with Crippen LogP contribution in [-0.4, -0.2) is 61.8 Å². The average Bonchev–Trinajstić information content (AvgIpc) is 3.58. The number of rotatable bonds is 8. The summed E-state index contributed by atoms with van der Waals surface area (Å²) >= 11 is 0. The summed E-state index contributed by atoms with van der Waals surface area (Å²) in [4.78, 5) is 38.8. The van der Waals surface area contributed by atoms with E-state index < -0.39 is 58.3 Å². The summed E-state index contributed by atoms with van der Waals surface area (Å²) < 4.78 is 53.6. The molecule has 1 unspecified atom stereocenters. The molecule has 0 radical (unpaired) electrons. The first-order chi connectivity index (χ1) is 19.0. The summed E-state index contributed by atoms with van der Waals surface area (Å²) in [5.74, 6) is -2.54. The van der Waals surface area contributed by atoms with E-state index >= 15 is 4.39 Å². The Balaban J connectivity index is 1.35. The lowest BCUT2D eigenvalue weighted by Crippen LogP contribution is -2.39. The van der Waals surface area contributed by atoms with Crippen molar-refractivity contribution in [3.8, 4) is 5.75 Å². The van der Waals surface area contributed by atoms with Gasteiger partial charge in [-0.25, -0.2) is 18.2 Å². The molecule has 2 saturated carbocycles. The topological polar surface area (TPSA) is 143 Å². The highest BCUT2D eigenvalue weighted by atomic mass is 32.2. The Bertz CT molecular complexity index is 1320. The fraction of sp³-hybridized carbons (Fsp3) is 0.593. The van der Waals surface area contributed by atoms with E-state index in [2.05, 4.69) is 0 Å². The fourth-order valence-electron chi connectivity index (χ4n) is 5.82. The highest BCUT2D eigenvalue weighted by Crippen LogP contribution is 2.40. The lowest BCUT2D eigenvalue weighted by molar-refractivity contribution is -0.170. The number of aromatic hydroxyl groups is 1. The van der Waals surface area contributed by atoms with Crippen LogP contribution in [0.4, 0.5) is 14.9 Å². The van der Waals surface area contributed by atoms with Gasteiger partial charge in [0.05, 0.1) is 18.5 Å². The van der Waals surface area contributed by atoms with E-state index in [1.807, 2.05) is 0 Å². The summed E-state index contributed by atoms with van der Waals surface area (Å²) in [6, 6.07) is 2.04. The number of nitrogens with one attached hydrogen (secondary N) is 1. The number of phenols is 1. The van der Waals surface area contributed by atoms with E-state index in [0.717, 1.165) is 51.0 Å². The van der Waals surface area contributed by atoms with Gasteiger partial charge in [0, 0.05) is 12.5 Å². The van der Waals surface area contributed by atoms with Gasteiger partial charge in [-0.2, -0.15) is 8.42 Å². The van der Waals surface area contributed by atoms with Gasteiger partial charge in [0.25, 0.3) is 5.91 Å². The summed E-state index contributed by atoms with van der Waals surface area (Å²) in [6.45, 7) is 0.772. The summed E-state index contributed by atoms with van der Waals surface area (Å²) in [5.41, 5.74) is -0.246. The minimum atomic E-state index is -4.37. The monoisotopic (exact) mass is 579 g/mol. The normalized spacial score (nSPS) is 23.5. The molecule has 2 amide bonds. The smallest absolute Gasteiger partial charge is 0.413 e. The molecule has 2 N–H and O–H groups in total. The molecule has 0 spiro atoms. The van der Waals surface area contributed by atoms with Crippen LogP contribution in [0.1, 0.15) is 70.3 Å². The zero-order valence-corrected chi connectivity index (χ0v) is 23.1. The lowest BCUT2D eigenvalue weighted by atomic mass is 9.81. The minimum Gasteiger partial charge on any atom is -0.506 e. The van der Waals surface area contributed by atoms with Gasteiger partial charge >= 0.3 is 22.3 Å². The Morgan fingerprint density at radius 1 is 1.10 bits per heavy atom. The highest BCUT2D eigenvalue weighted by molar-refractivity contribution is 7.92. The van der Waals surface area contributed by atoms with Crippen molar-refractivity contribution in [1.29, 1.82) is 0 Å². The summed E-state index contributed by atoms with van der Waals surface area (Å²) in [6.07, 6.45) is 8.27. The molecule has 0 aromatic heterocycles. The van der Waals surface area contributed by atoms with Crippen LogP contribution in [0.15, 0.2) is 18.2 Å². The third-order valence-electron chi connectivity index (χ3n) is 8.21. The lowest BCUT2D eigenvalue weighted by Gasteiger charge is -2.30. The number of hydrogen-bond donors (Lipinski definition) is 2. The third-order valence-corrected chi connectivity index (χ3v) is 9.59. The first-order valence-electron chi connectivity index (χ1n) is 13.8. The molecule has 11 nitrogen and oxygen atoms in total. The molecule has 40 heavy (non-hydrogen) atoms. The first kappa shape index (κ1) is 28.2. The number of benzene rings is 1. The quantitative estimate of drug-likeness (QED) is 0.352. The second kappa shape index (κ2) is 11.3. The van der Waals surface area contributed by atoms with Gasteiger partial charge in [0.15, 0.2) is 5.82 Å². The number of nitrogens with zero attached hydrogens (tertiary/aromatic N) is 2. The number of carbonyl (C=O) groups excluding carboxylic acids is 3. The number of phenolic OH excluding ortho intramolecular Hbond substituents is 1. The zero-order valence-electron chi connectivity index (χ0n) is 22.3. The van der Waals surface area contributed by atoms with Gasteiger partial charge < -0.3 is 14.6 Å². The van der Waals surface area contributed by atoms with E-state index in [-0.39, 0.29) is 24.0 Å². The van der Waals surface area contributed by atoms with Crippen LogP contribution >= 0.6 is 0 Å². The number of carbonyl (C=O) groups is 3. The standard InChI is InChI=1S/C27H34FN3O8S/c1-16(38-26(34)18-7-2-3-8-18)39-27(35)30-14-19(13-20(30)10-9-17-5-4-6-17)21-11-12-22(32)25(24(21)28)31-15-23(33)29-40(31,36)37/h11-13,16-18,20,32H,2-10,14-15H2,1H3,(H,29,33)/t16?,20-/m1/s1. The fourth-order valence-corrected chi connectivity index (χ4v) is 6.98. The van der Waals surface area contributed by atoms with Crippen molar-refractivity contribution in [2.45, 2.75) is 77.0 Å². The molecular formula is C27H34FN3O8S. The molecule has 1 aromatic rings. The molecule has 4 aliphatic rings. The van der Waals surface area contributed by atoms with Crippen LogP contribution in [0.2, 0.25) is 0 Å².